The first-order valence-electron chi connectivity index (χ1n) is 13.0. The molecule has 1 aliphatic rings. The summed E-state index contributed by atoms with van der Waals surface area (Å²) in [6.07, 6.45) is 11.8. The molecule has 2 rings (SSSR count). The first-order valence-corrected chi connectivity index (χ1v) is 13.0. The third-order valence-corrected chi connectivity index (χ3v) is 7.45. The van der Waals surface area contributed by atoms with Crippen molar-refractivity contribution in [1.29, 1.82) is 0 Å². The fraction of sp³-hybridized carbons (Fsp3) is 0.500. The number of amides is 1. The van der Waals surface area contributed by atoms with Gasteiger partial charge in [0.05, 0.1) is 22.7 Å². The number of carbonyl (C=O) groups excluding carboxylic acids is 1. The van der Waals surface area contributed by atoms with E-state index >= 15 is 0 Å². The molecule has 5 heteroatoms. The Morgan fingerprint density at radius 2 is 1.83 bits per heavy atom. The number of nitrogens with two attached hydrogens (primary N) is 1. The van der Waals surface area contributed by atoms with E-state index in [1.807, 2.05) is 19.1 Å². The van der Waals surface area contributed by atoms with Gasteiger partial charge in [0.15, 0.2) is 0 Å². The Balaban J connectivity index is 2.46. The topological polar surface area (TPSA) is 70.4 Å². The molecule has 192 valence electrons. The minimum Gasteiger partial charge on any atom is -0.364 e. The van der Waals surface area contributed by atoms with Crippen LogP contribution in [0.15, 0.2) is 72.1 Å². The Hall–Kier alpha value is -2.79. The summed E-state index contributed by atoms with van der Waals surface area (Å²) >= 11 is 0. The van der Waals surface area contributed by atoms with Gasteiger partial charge in [-0.1, -0.05) is 88.4 Å². The molecule has 35 heavy (non-hydrogen) atoms. The summed E-state index contributed by atoms with van der Waals surface area (Å²) < 4.78 is 0. The lowest BCUT2D eigenvalue weighted by Gasteiger charge is -2.47. The molecule has 1 fully saturated rings. The zero-order valence-electron chi connectivity index (χ0n) is 22.9. The molecule has 4 N–H and O–H groups in total. The number of hydrogen-bond acceptors (Lipinski definition) is 4. The summed E-state index contributed by atoms with van der Waals surface area (Å²) in [4.78, 5) is 13.8. The van der Waals surface area contributed by atoms with Crippen LogP contribution >= 0.6 is 0 Å². The molecule has 0 saturated carbocycles. The van der Waals surface area contributed by atoms with Gasteiger partial charge in [0, 0.05) is 0 Å². The number of hydrogen-bond donors (Lipinski definition) is 3. The van der Waals surface area contributed by atoms with Gasteiger partial charge in [-0.3, -0.25) is 9.80 Å². The Labute approximate surface area is 213 Å². The zero-order valence-corrected chi connectivity index (χ0v) is 22.9. The third kappa shape index (κ3) is 6.46. The molecule has 5 nitrogen and oxygen atoms in total. The molecule has 1 atom stereocenters. The smallest absolute Gasteiger partial charge is 0.251 e. The van der Waals surface area contributed by atoms with Gasteiger partial charge in [0.25, 0.3) is 5.91 Å². The van der Waals surface area contributed by atoms with Gasteiger partial charge in [-0.05, 0) is 64.0 Å². The molecule has 0 unspecified atom stereocenters. The van der Waals surface area contributed by atoms with Gasteiger partial charge in [-0.2, -0.15) is 0 Å². The summed E-state index contributed by atoms with van der Waals surface area (Å²) in [7, 11) is 0. The highest BCUT2D eigenvalue weighted by molar-refractivity contribution is 5.94. The highest BCUT2D eigenvalue weighted by Gasteiger charge is 2.39. The maximum Gasteiger partial charge on any atom is 0.251 e. The van der Waals surface area contributed by atoms with Crippen LogP contribution in [0.25, 0.3) is 0 Å². The predicted molar refractivity (Wildman–Crippen MR) is 148 cm³/mol. The Morgan fingerprint density at radius 3 is 2.34 bits per heavy atom. The van der Waals surface area contributed by atoms with Crippen molar-refractivity contribution in [3.63, 3.8) is 0 Å². The highest BCUT2D eigenvalue weighted by atomic mass is 16.2. The second-order valence-electron chi connectivity index (χ2n) is 10.1. The van der Waals surface area contributed by atoms with Crippen LogP contribution in [0.2, 0.25) is 0 Å². The van der Waals surface area contributed by atoms with E-state index in [9.17, 15) is 4.79 Å². The molecular weight excluding hydrogens is 432 g/mol. The van der Waals surface area contributed by atoms with Crippen LogP contribution in [0.5, 0.6) is 0 Å². The molecule has 0 aliphatic carbocycles. The van der Waals surface area contributed by atoms with Crippen LogP contribution in [-0.4, -0.2) is 22.5 Å². The fourth-order valence-electron chi connectivity index (χ4n) is 4.79. The lowest BCUT2D eigenvalue weighted by atomic mass is 9.83. The minimum atomic E-state index is -0.432. The Bertz CT molecular complexity index is 965. The SMILES string of the molecule is C=C/C=C\C=C(/C)[C@H]1CC(C)(C)N(N)/C(=C(\CC)C(=O)NC(CC)(CC)c2ccc(CC)cc2)N1. The number of nitrogens with zero attached hydrogens (tertiary/aromatic N) is 1. The first kappa shape index (κ1) is 28.4. The summed E-state index contributed by atoms with van der Waals surface area (Å²) in [5.41, 5.74) is 3.55. The Morgan fingerprint density at radius 1 is 1.20 bits per heavy atom. The monoisotopic (exact) mass is 478 g/mol. The van der Waals surface area contributed by atoms with Crippen LogP contribution in [0, 0.1) is 0 Å². The van der Waals surface area contributed by atoms with Gasteiger partial charge in [0.1, 0.15) is 5.82 Å². The largest absolute Gasteiger partial charge is 0.364 e. The molecule has 0 radical (unpaired) electrons. The van der Waals surface area contributed by atoms with Crippen molar-refractivity contribution in [2.45, 2.75) is 97.7 Å². The molecule has 1 saturated heterocycles. The normalized spacial score (nSPS) is 19.9. The second kappa shape index (κ2) is 12.3. The van der Waals surface area contributed by atoms with E-state index in [0.29, 0.717) is 17.8 Å². The van der Waals surface area contributed by atoms with E-state index < -0.39 is 5.54 Å². The van der Waals surface area contributed by atoms with Crippen molar-refractivity contribution in [2.75, 3.05) is 0 Å². The number of carbonyl (C=O) groups is 1. The van der Waals surface area contributed by atoms with Crippen molar-refractivity contribution in [3.8, 4) is 0 Å². The van der Waals surface area contributed by atoms with Gasteiger partial charge in [0.2, 0.25) is 0 Å². The molecule has 0 bridgehead atoms. The molecule has 1 amide bonds. The molecule has 0 aromatic heterocycles. The number of hydrazine groups is 1. The van der Waals surface area contributed by atoms with E-state index in [-0.39, 0.29) is 17.5 Å². The number of allylic oxidation sites excluding steroid dienone is 4. The van der Waals surface area contributed by atoms with E-state index in [0.717, 1.165) is 31.2 Å². The zero-order chi connectivity index (χ0) is 26.2. The maximum absolute atomic E-state index is 13.8. The summed E-state index contributed by atoms with van der Waals surface area (Å²) in [6.45, 7) is 18.5. The maximum atomic E-state index is 13.8. The van der Waals surface area contributed by atoms with Crippen LogP contribution in [0.3, 0.4) is 0 Å². The molecule has 1 aliphatic heterocycles. The average Bonchev–Trinajstić information content (AvgIpc) is 2.85. The van der Waals surface area contributed by atoms with Crippen molar-refractivity contribution in [1.82, 2.24) is 15.6 Å². The standard InChI is InChI=1S/C30H46N4O/c1-9-14-15-16-22(6)26-21-29(7,8)34(31)27(32-26)25(11-3)28(35)33-30(12-4,13-5)24-19-17-23(10-2)18-20-24/h9,14-20,26,32H,1,10-13,21,31H2,2-8H3,(H,33,35)/b15-14-,22-16+,27-25+/t26-/m1/s1. The fourth-order valence-corrected chi connectivity index (χ4v) is 4.79. The number of benzene rings is 1. The molecular formula is C30H46N4O. The van der Waals surface area contributed by atoms with E-state index in [4.69, 9.17) is 5.84 Å². The number of rotatable bonds is 10. The van der Waals surface area contributed by atoms with Gasteiger partial charge < -0.3 is 10.6 Å². The number of aryl methyl sites for hydroxylation is 1. The van der Waals surface area contributed by atoms with Crippen molar-refractivity contribution < 1.29 is 4.79 Å². The highest BCUT2D eigenvalue weighted by Crippen LogP contribution is 2.33. The third-order valence-electron chi connectivity index (χ3n) is 7.45. The lowest BCUT2D eigenvalue weighted by Crippen LogP contribution is -2.61. The molecule has 1 heterocycles. The lowest BCUT2D eigenvalue weighted by molar-refractivity contribution is -0.120. The van der Waals surface area contributed by atoms with Gasteiger partial charge >= 0.3 is 0 Å². The van der Waals surface area contributed by atoms with Gasteiger partial charge in [-0.25, -0.2) is 5.84 Å². The van der Waals surface area contributed by atoms with Gasteiger partial charge in [-0.15, -0.1) is 0 Å². The van der Waals surface area contributed by atoms with Crippen molar-refractivity contribution >= 4 is 5.91 Å². The second-order valence-corrected chi connectivity index (χ2v) is 10.1. The van der Waals surface area contributed by atoms with Crippen molar-refractivity contribution in [2.24, 2.45) is 5.84 Å². The summed E-state index contributed by atoms with van der Waals surface area (Å²) in [6, 6.07) is 8.71. The minimum absolute atomic E-state index is 0.0710. The summed E-state index contributed by atoms with van der Waals surface area (Å²) in [5.74, 6) is 7.25. The van der Waals surface area contributed by atoms with Crippen LogP contribution < -0.4 is 16.5 Å². The van der Waals surface area contributed by atoms with E-state index in [1.165, 1.54) is 11.1 Å². The molecule has 0 spiro atoms. The van der Waals surface area contributed by atoms with E-state index in [2.05, 4.69) is 89.1 Å². The van der Waals surface area contributed by atoms with Crippen LogP contribution in [0.1, 0.15) is 85.3 Å². The summed E-state index contributed by atoms with van der Waals surface area (Å²) in [5, 5.41) is 8.74. The van der Waals surface area contributed by atoms with Crippen molar-refractivity contribution in [3.05, 3.63) is 83.2 Å². The number of nitrogens with one attached hydrogen (secondary N) is 2. The molecule has 1 aromatic rings. The van der Waals surface area contributed by atoms with Crippen LogP contribution in [-0.2, 0) is 16.8 Å². The Kier molecular flexibility index (Phi) is 9.96. The van der Waals surface area contributed by atoms with E-state index in [1.54, 1.807) is 11.1 Å². The predicted octanol–water partition coefficient (Wildman–Crippen LogP) is 6.01. The van der Waals surface area contributed by atoms with Crippen LogP contribution in [0.4, 0.5) is 0 Å². The first-order chi connectivity index (χ1) is 16.6. The average molecular weight is 479 g/mol. The quantitative estimate of drug-likeness (QED) is 0.219. The molecule has 1 aromatic carbocycles.